The summed E-state index contributed by atoms with van der Waals surface area (Å²) in [5.41, 5.74) is 1.45. The van der Waals surface area contributed by atoms with Crippen molar-refractivity contribution in [2.24, 2.45) is 0 Å². The molecule has 0 fully saturated rings. The van der Waals surface area contributed by atoms with Gasteiger partial charge in [0.1, 0.15) is 0 Å². The van der Waals surface area contributed by atoms with Crippen LogP contribution < -0.4 is 5.32 Å². The van der Waals surface area contributed by atoms with Crippen LogP contribution in [0.25, 0.3) is 0 Å². The molecule has 2 N–H and O–H groups in total. The molecule has 17 heavy (non-hydrogen) atoms. The van der Waals surface area contributed by atoms with E-state index in [1.165, 1.54) is 0 Å². The molecule has 4 heteroatoms. The summed E-state index contributed by atoms with van der Waals surface area (Å²) < 4.78 is 0. The second-order valence-electron chi connectivity index (χ2n) is 5.15. The molecule has 0 aromatic carbocycles. The molecular weight excluding hydrogens is 214 g/mol. The Morgan fingerprint density at radius 3 is 2.65 bits per heavy atom. The molecule has 1 aromatic heterocycles. The molecule has 1 atom stereocenters. The van der Waals surface area contributed by atoms with Crippen molar-refractivity contribution < 1.29 is 5.11 Å². The Balaban J connectivity index is 2.34. The first kappa shape index (κ1) is 14.1. The summed E-state index contributed by atoms with van der Waals surface area (Å²) in [4.78, 5) is 6.21. The quantitative estimate of drug-likeness (QED) is 0.768. The Kier molecular flexibility index (Phi) is 5.05. The van der Waals surface area contributed by atoms with Gasteiger partial charge in [-0.2, -0.15) is 0 Å². The molecular formula is C13H23N3O. The van der Waals surface area contributed by atoms with Crippen LogP contribution in [0.4, 0.5) is 0 Å². The zero-order valence-electron chi connectivity index (χ0n) is 11.2. The van der Waals surface area contributed by atoms with Crippen LogP contribution in [0.1, 0.15) is 18.2 Å². The van der Waals surface area contributed by atoms with Crippen molar-refractivity contribution in [3.8, 4) is 0 Å². The van der Waals surface area contributed by atoms with Gasteiger partial charge in [0, 0.05) is 31.5 Å². The zero-order chi connectivity index (χ0) is 12.9. The molecule has 1 rings (SSSR count). The minimum Gasteiger partial charge on any atom is -0.388 e. The van der Waals surface area contributed by atoms with Gasteiger partial charge in [-0.25, -0.2) is 0 Å². The Morgan fingerprint density at radius 2 is 2.12 bits per heavy atom. The predicted octanol–water partition coefficient (Wildman–Crippen LogP) is 0.792. The lowest BCUT2D eigenvalue weighted by Gasteiger charge is -2.27. The third-order valence-electron chi connectivity index (χ3n) is 2.46. The van der Waals surface area contributed by atoms with Gasteiger partial charge in [0.05, 0.1) is 5.60 Å². The van der Waals surface area contributed by atoms with E-state index in [0.29, 0.717) is 13.1 Å². The summed E-state index contributed by atoms with van der Waals surface area (Å²) in [7, 11) is 3.91. The van der Waals surface area contributed by atoms with Crippen LogP contribution in [0.15, 0.2) is 18.3 Å². The fourth-order valence-corrected chi connectivity index (χ4v) is 1.82. The molecule has 1 unspecified atom stereocenters. The van der Waals surface area contributed by atoms with Crippen LogP contribution in [-0.4, -0.2) is 47.8 Å². The van der Waals surface area contributed by atoms with E-state index in [4.69, 9.17) is 0 Å². The first-order valence-electron chi connectivity index (χ1n) is 5.88. The van der Waals surface area contributed by atoms with Gasteiger partial charge < -0.3 is 15.3 Å². The highest BCUT2D eigenvalue weighted by atomic mass is 16.3. The fraction of sp³-hybridized carbons (Fsp3) is 0.615. The topological polar surface area (TPSA) is 48.4 Å². The maximum Gasteiger partial charge on any atom is 0.0869 e. The molecule has 0 aliphatic rings. The van der Waals surface area contributed by atoms with Crippen LogP contribution in [0, 0.1) is 6.92 Å². The third-order valence-corrected chi connectivity index (χ3v) is 2.46. The van der Waals surface area contributed by atoms with Crippen LogP contribution in [0.2, 0.25) is 0 Å². The van der Waals surface area contributed by atoms with Crippen LogP contribution in [-0.2, 0) is 6.54 Å². The highest BCUT2D eigenvalue weighted by molar-refractivity contribution is 5.12. The summed E-state index contributed by atoms with van der Waals surface area (Å²) >= 11 is 0. The zero-order valence-corrected chi connectivity index (χ0v) is 11.2. The lowest BCUT2D eigenvalue weighted by atomic mass is 10.1. The van der Waals surface area contributed by atoms with E-state index in [2.05, 4.69) is 16.4 Å². The van der Waals surface area contributed by atoms with Crippen molar-refractivity contribution in [1.82, 2.24) is 15.2 Å². The van der Waals surface area contributed by atoms with Crippen molar-refractivity contribution >= 4 is 0 Å². The Bertz CT molecular complexity index is 333. The van der Waals surface area contributed by atoms with Gasteiger partial charge in [-0.15, -0.1) is 0 Å². The number of hydrogen-bond acceptors (Lipinski definition) is 4. The molecule has 1 heterocycles. The number of aliphatic hydroxyl groups is 1. The van der Waals surface area contributed by atoms with E-state index in [1.54, 1.807) is 0 Å². The highest BCUT2D eigenvalue weighted by Gasteiger charge is 2.20. The second-order valence-corrected chi connectivity index (χ2v) is 5.15. The average molecular weight is 237 g/mol. The van der Waals surface area contributed by atoms with Crippen LogP contribution in [0.5, 0.6) is 0 Å². The molecule has 0 bridgehead atoms. The first-order chi connectivity index (χ1) is 7.89. The van der Waals surface area contributed by atoms with E-state index in [0.717, 1.165) is 17.8 Å². The molecule has 0 saturated carbocycles. The van der Waals surface area contributed by atoms with Crippen LogP contribution in [0.3, 0.4) is 0 Å². The average Bonchev–Trinajstić information content (AvgIpc) is 2.18. The van der Waals surface area contributed by atoms with Gasteiger partial charge >= 0.3 is 0 Å². The Labute approximate surface area is 104 Å². The van der Waals surface area contributed by atoms with Gasteiger partial charge in [-0.05, 0) is 39.6 Å². The molecule has 0 radical (unpaired) electrons. The van der Waals surface area contributed by atoms with Crippen molar-refractivity contribution in [2.45, 2.75) is 26.0 Å². The minimum atomic E-state index is -0.707. The predicted molar refractivity (Wildman–Crippen MR) is 69.9 cm³/mol. The van der Waals surface area contributed by atoms with Crippen molar-refractivity contribution in [2.75, 3.05) is 27.2 Å². The smallest absolute Gasteiger partial charge is 0.0869 e. The fourth-order valence-electron chi connectivity index (χ4n) is 1.82. The molecule has 0 amide bonds. The number of nitrogens with one attached hydrogen (secondary N) is 1. The summed E-state index contributed by atoms with van der Waals surface area (Å²) in [5.74, 6) is 0. The largest absolute Gasteiger partial charge is 0.388 e. The first-order valence-corrected chi connectivity index (χ1v) is 5.88. The normalized spacial score (nSPS) is 14.9. The lowest BCUT2D eigenvalue weighted by molar-refractivity contribution is 0.0336. The van der Waals surface area contributed by atoms with E-state index in [1.807, 2.05) is 45.1 Å². The number of nitrogens with zero attached hydrogens (tertiary/aromatic N) is 2. The monoisotopic (exact) mass is 237 g/mol. The summed E-state index contributed by atoms with van der Waals surface area (Å²) in [6.07, 6.45) is 1.86. The Morgan fingerprint density at radius 1 is 1.41 bits per heavy atom. The van der Waals surface area contributed by atoms with Gasteiger partial charge in [-0.1, -0.05) is 6.07 Å². The number of aryl methyl sites for hydroxylation is 1. The Hall–Kier alpha value is -0.970. The van der Waals surface area contributed by atoms with E-state index in [9.17, 15) is 5.11 Å². The van der Waals surface area contributed by atoms with Gasteiger partial charge in [-0.3, -0.25) is 4.98 Å². The lowest BCUT2D eigenvalue weighted by Crippen LogP contribution is -2.45. The third kappa shape index (κ3) is 5.77. The number of likely N-dealkylation sites (N-methyl/N-ethyl adjacent to an activating group) is 1. The molecule has 0 saturated heterocycles. The minimum absolute atomic E-state index is 0.569. The molecule has 0 aliphatic carbocycles. The van der Waals surface area contributed by atoms with Crippen LogP contribution >= 0.6 is 0 Å². The maximum absolute atomic E-state index is 10.1. The number of aromatic nitrogens is 1. The standard InChI is InChI=1S/C13H23N3O/c1-11-5-6-12(8-15-11)7-14-9-13(2,17)10-16(3)4/h5-6,8,14,17H,7,9-10H2,1-4H3. The number of pyridine rings is 1. The molecule has 0 spiro atoms. The van der Waals surface area contributed by atoms with Gasteiger partial charge in [0.15, 0.2) is 0 Å². The highest BCUT2D eigenvalue weighted by Crippen LogP contribution is 2.04. The van der Waals surface area contributed by atoms with E-state index >= 15 is 0 Å². The van der Waals surface area contributed by atoms with E-state index < -0.39 is 5.60 Å². The maximum atomic E-state index is 10.1. The summed E-state index contributed by atoms with van der Waals surface area (Å²) in [5, 5.41) is 13.3. The number of rotatable bonds is 6. The summed E-state index contributed by atoms with van der Waals surface area (Å²) in [6.45, 7) is 5.76. The SMILES string of the molecule is Cc1ccc(CNCC(C)(O)CN(C)C)cn1. The molecule has 96 valence electrons. The molecule has 1 aromatic rings. The van der Waals surface area contributed by atoms with Crippen molar-refractivity contribution in [3.63, 3.8) is 0 Å². The summed E-state index contributed by atoms with van der Waals surface area (Å²) in [6, 6.07) is 4.05. The molecule has 4 nitrogen and oxygen atoms in total. The van der Waals surface area contributed by atoms with Gasteiger partial charge in [0.2, 0.25) is 0 Å². The molecule has 0 aliphatic heterocycles. The van der Waals surface area contributed by atoms with E-state index in [-0.39, 0.29) is 0 Å². The second kappa shape index (κ2) is 6.10. The van der Waals surface area contributed by atoms with Crippen molar-refractivity contribution in [1.29, 1.82) is 0 Å². The number of hydrogen-bond donors (Lipinski definition) is 2. The van der Waals surface area contributed by atoms with Crippen molar-refractivity contribution in [3.05, 3.63) is 29.6 Å². The van der Waals surface area contributed by atoms with Gasteiger partial charge in [0.25, 0.3) is 0 Å².